The number of esters is 1. The summed E-state index contributed by atoms with van der Waals surface area (Å²) in [4.78, 5) is 13.0. The Bertz CT molecular complexity index is 727. The number of ether oxygens (including phenoxy) is 2. The van der Waals surface area contributed by atoms with Gasteiger partial charge in [-0.05, 0) is 124 Å². The molecule has 5 nitrogen and oxygen atoms in total. The molecule has 9 atom stereocenters. The summed E-state index contributed by atoms with van der Waals surface area (Å²) in [5.74, 6) is 3.59. The van der Waals surface area contributed by atoms with Crippen molar-refractivity contribution in [3.8, 4) is 0 Å². The predicted octanol–water partition coefficient (Wildman–Crippen LogP) is 6.33. The molecule has 4 aliphatic carbocycles. The number of rotatable bonds is 11. The highest BCUT2D eigenvalue weighted by molar-refractivity contribution is 5.73. The van der Waals surface area contributed by atoms with E-state index in [1.54, 1.807) is 0 Å². The first kappa shape index (κ1) is 28.4. The predicted molar refractivity (Wildman–Crippen MR) is 144 cm³/mol. The van der Waals surface area contributed by atoms with E-state index >= 15 is 0 Å². The fraction of sp³-hybridized carbons (Fsp3) is 0.968. The van der Waals surface area contributed by atoms with Crippen LogP contribution in [-0.4, -0.2) is 43.7 Å². The summed E-state index contributed by atoms with van der Waals surface area (Å²) in [6.45, 7) is 11.0. The Hall–Kier alpha value is -0.650. The van der Waals surface area contributed by atoms with E-state index in [4.69, 9.17) is 9.47 Å². The number of nitrogens with one attached hydrogen (secondary N) is 1. The van der Waals surface area contributed by atoms with E-state index in [1.807, 2.05) is 0 Å². The number of carbonyl (C=O) groups is 1. The van der Waals surface area contributed by atoms with Crippen molar-refractivity contribution in [3.05, 3.63) is 0 Å². The van der Waals surface area contributed by atoms with Gasteiger partial charge in [0.15, 0.2) is 0 Å². The third-order valence-corrected chi connectivity index (χ3v) is 11.3. The molecule has 0 spiro atoms. The van der Waals surface area contributed by atoms with Gasteiger partial charge in [0.05, 0.1) is 19.1 Å². The van der Waals surface area contributed by atoms with Crippen molar-refractivity contribution in [2.45, 2.75) is 123 Å². The number of aliphatic hydroxyl groups is 1. The number of methoxy groups -OCH3 is 1. The molecule has 5 heteroatoms. The average Bonchev–Trinajstić information content (AvgIpc) is 3.24. The van der Waals surface area contributed by atoms with Gasteiger partial charge in [-0.2, -0.15) is 0 Å². The van der Waals surface area contributed by atoms with Gasteiger partial charge in [0.25, 0.3) is 0 Å². The lowest BCUT2D eigenvalue weighted by Crippen LogP contribution is -2.56. The molecule has 2 N–H and O–H groups in total. The molecule has 0 saturated heterocycles. The summed E-state index contributed by atoms with van der Waals surface area (Å²) >= 11 is 0. The molecule has 4 saturated carbocycles. The highest BCUT2D eigenvalue weighted by atomic mass is 16.5. The smallest absolute Gasteiger partial charge is 0.311 e. The second-order valence-corrected chi connectivity index (χ2v) is 13.9. The van der Waals surface area contributed by atoms with Crippen LogP contribution in [0.3, 0.4) is 0 Å². The Balaban J connectivity index is 1.31. The summed E-state index contributed by atoms with van der Waals surface area (Å²) in [6, 6.07) is 0. The zero-order valence-corrected chi connectivity index (χ0v) is 23.9. The quantitative estimate of drug-likeness (QED) is 0.195. The van der Waals surface area contributed by atoms with Crippen LogP contribution in [-0.2, 0) is 14.3 Å². The van der Waals surface area contributed by atoms with Crippen molar-refractivity contribution in [2.24, 2.45) is 46.3 Å². The van der Waals surface area contributed by atoms with Crippen LogP contribution in [0, 0.1) is 46.3 Å². The van der Waals surface area contributed by atoms with Gasteiger partial charge in [0.2, 0.25) is 0 Å². The van der Waals surface area contributed by atoms with Crippen LogP contribution in [0.4, 0.5) is 0 Å². The molecule has 0 radical (unpaired) electrons. The van der Waals surface area contributed by atoms with Crippen LogP contribution in [0.15, 0.2) is 0 Å². The SMILES string of the molecule is COC(=O)C1C[C@@]2(C)C(CC[C@@H]3[C@H]2CC[C@]2(C)CCC[C@@H]32)CC1OCCCCC(O)NCCC(C)C. The van der Waals surface area contributed by atoms with Gasteiger partial charge in [-0.15, -0.1) is 0 Å². The maximum atomic E-state index is 13.0. The van der Waals surface area contributed by atoms with Gasteiger partial charge >= 0.3 is 5.97 Å². The maximum Gasteiger partial charge on any atom is 0.311 e. The third-order valence-electron chi connectivity index (χ3n) is 11.3. The van der Waals surface area contributed by atoms with E-state index in [0.29, 0.717) is 23.9 Å². The van der Waals surface area contributed by atoms with Crippen molar-refractivity contribution < 1.29 is 19.4 Å². The second-order valence-electron chi connectivity index (χ2n) is 13.9. The molecule has 36 heavy (non-hydrogen) atoms. The molecule has 0 aromatic carbocycles. The highest BCUT2D eigenvalue weighted by Crippen LogP contribution is 2.66. The van der Waals surface area contributed by atoms with E-state index in [2.05, 4.69) is 33.0 Å². The Kier molecular flexibility index (Phi) is 9.48. The normalized spacial score (nSPS) is 40.9. The van der Waals surface area contributed by atoms with Crippen LogP contribution in [0.2, 0.25) is 0 Å². The molecule has 208 valence electrons. The van der Waals surface area contributed by atoms with Crippen LogP contribution in [0.5, 0.6) is 0 Å². The van der Waals surface area contributed by atoms with Gasteiger partial charge in [0.1, 0.15) is 6.23 Å². The van der Waals surface area contributed by atoms with Gasteiger partial charge < -0.3 is 14.6 Å². The summed E-state index contributed by atoms with van der Waals surface area (Å²) in [5, 5.41) is 13.4. The average molecular weight is 506 g/mol. The van der Waals surface area contributed by atoms with Crippen molar-refractivity contribution in [1.82, 2.24) is 5.32 Å². The first-order valence-electron chi connectivity index (χ1n) is 15.3. The molecule has 0 aromatic rings. The van der Waals surface area contributed by atoms with Gasteiger partial charge in [-0.1, -0.05) is 34.1 Å². The molecule has 0 aliphatic heterocycles. The fourth-order valence-corrected chi connectivity index (χ4v) is 9.17. The molecule has 0 aromatic heterocycles. The van der Waals surface area contributed by atoms with Crippen molar-refractivity contribution in [1.29, 1.82) is 0 Å². The van der Waals surface area contributed by atoms with Crippen LogP contribution < -0.4 is 5.32 Å². The topological polar surface area (TPSA) is 67.8 Å². The molecule has 4 unspecified atom stereocenters. The molecule has 4 rings (SSSR count). The number of hydrogen-bond acceptors (Lipinski definition) is 5. The zero-order chi connectivity index (χ0) is 25.9. The first-order chi connectivity index (χ1) is 17.2. The van der Waals surface area contributed by atoms with Gasteiger partial charge in [-0.25, -0.2) is 0 Å². The van der Waals surface area contributed by atoms with Gasteiger partial charge in [0, 0.05) is 6.61 Å². The maximum absolute atomic E-state index is 13.0. The fourth-order valence-electron chi connectivity index (χ4n) is 9.17. The molecular formula is C31H55NO4. The lowest BCUT2D eigenvalue weighted by molar-refractivity contribution is -0.176. The standard InChI is InChI=1S/C31H55NO4/c1-21(2)14-17-32-28(33)10-6-7-18-36-27-19-22-11-12-23-25-9-8-15-30(25,3)16-13-26(23)31(22,4)20-24(27)29(34)35-5/h21-28,32-33H,6-20H2,1-5H3/t22?,23-,24?,25-,26+,27?,28?,30-,31-/m0/s1. The molecule has 0 bridgehead atoms. The minimum Gasteiger partial charge on any atom is -0.469 e. The van der Waals surface area contributed by atoms with E-state index < -0.39 is 6.23 Å². The Labute approximate surface area is 220 Å². The van der Waals surface area contributed by atoms with Crippen molar-refractivity contribution in [3.63, 3.8) is 0 Å². The van der Waals surface area contributed by atoms with Crippen LogP contribution in [0.1, 0.15) is 111 Å². The number of hydrogen-bond donors (Lipinski definition) is 2. The largest absolute Gasteiger partial charge is 0.469 e. The van der Waals surface area contributed by atoms with Crippen LogP contribution >= 0.6 is 0 Å². The molecule has 4 aliphatic rings. The molecular weight excluding hydrogens is 450 g/mol. The van der Waals surface area contributed by atoms with E-state index in [-0.39, 0.29) is 23.4 Å². The number of carbonyl (C=O) groups excluding carboxylic acids is 1. The summed E-state index contributed by atoms with van der Waals surface area (Å²) in [6.07, 6.45) is 14.8. The van der Waals surface area contributed by atoms with E-state index in [1.165, 1.54) is 52.1 Å². The minimum absolute atomic E-state index is 0.0264. The second kappa shape index (κ2) is 12.0. The summed E-state index contributed by atoms with van der Waals surface area (Å²) in [5.41, 5.74) is 0.807. The lowest BCUT2D eigenvalue weighted by Gasteiger charge is -2.61. The monoisotopic (exact) mass is 505 g/mol. The number of aliphatic hydroxyl groups excluding tert-OH is 1. The van der Waals surface area contributed by atoms with E-state index in [9.17, 15) is 9.90 Å². The van der Waals surface area contributed by atoms with Gasteiger partial charge in [-0.3, -0.25) is 10.1 Å². The van der Waals surface area contributed by atoms with E-state index in [0.717, 1.165) is 62.8 Å². The number of unbranched alkanes of at least 4 members (excludes halogenated alkanes) is 1. The summed E-state index contributed by atoms with van der Waals surface area (Å²) in [7, 11) is 1.54. The minimum atomic E-state index is -0.436. The zero-order valence-electron chi connectivity index (χ0n) is 23.9. The van der Waals surface area contributed by atoms with Crippen molar-refractivity contribution >= 4 is 5.97 Å². The Morgan fingerprint density at radius 1 is 1.06 bits per heavy atom. The molecule has 4 fully saturated rings. The Morgan fingerprint density at radius 2 is 1.86 bits per heavy atom. The molecule has 0 heterocycles. The summed E-state index contributed by atoms with van der Waals surface area (Å²) < 4.78 is 11.7. The Morgan fingerprint density at radius 3 is 2.61 bits per heavy atom. The van der Waals surface area contributed by atoms with Crippen LogP contribution in [0.25, 0.3) is 0 Å². The lowest BCUT2D eigenvalue weighted by atomic mass is 9.44. The molecule has 0 amide bonds. The van der Waals surface area contributed by atoms with Crippen molar-refractivity contribution in [2.75, 3.05) is 20.3 Å². The first-order valence-corrected chi connectivity index (χ1v) is 15.3. The number of fused-ring (bicyclic) bond motifs is 5. The third kappa shape index (κ3) is 5.99. The highest BCUT2D eigenvalue weighted by Gasteiger charge is 2.60.